The normalized spacial score (nSPS) is 14.2. The van der Waals surface area contributed by atoms with Gasteiger partial charge in [0.05, 0.1) is 13.2 Å². The van der Waals surface area contributed by atoms with E-state index in [2.05, 4.69) is 20.3 Å². The first-order valence-corrected chi connectivity index (χ1v) is 4.49. The molecule has 0 bridgehead atoms. The largest absolute Gasteiger partial charge is 0.384 e. The fourth-order valence-corrected chi connectivity index (χ4v) is 1.27. The second-order valence-corrected chi connectivity index (χ2v) is 2.98. The fourth-order valence-electron chi connectivity index (χ4n) is 1.27. The Balaban J connectivity index is 2.05. The van der Waals surface area contributed by atoms with Gasteiger partial charge in [-0.05, 0) is 0 Å². The van der Waals surface area contributed by atoms with Gasteiger partial charge in [-0.3, -0.25) is 9.98 Å². The molecule has 74 valence electrons. The summed E-state index contributed by atoms with van der Waals surface area (Å²) in [7, 11) is 1.68. The van der Waals surface area contributed by atoms with Crippen LogP contribution in [0.2, 0.25) is 0 Å². The first-order chi connectivity index (χ1) is 6.90. The molecule has 0 radical (unpaired) electrons. The number of nitrogens with one attached hydrogen (secondary N) is 1. The monoisotopic (exact) mass is 192 g/mol. The summed E-state index contributed by atoms with van der Waals surface area (Å²) in [5.41, 5.74) is 0.897. The minimum absolute atomic E-state index is 0.606. The zero-order valence-corrected chi connectivity index (χ0v) is 8.03. The van der Waals surface area contributed by atoms with Gasteiger partial charge in [-0.25, -0.2) is 4.98 Å². The lowest BCUT2D eigenvalue weighted by atomic mass is 10.3. The summed E-state index contributed by atoms with van der Waals surface area (Å²) in [6, 6.07) is 0. The molecule has 0 fully saturated rings. The number of aliphatic imine (C=N–C) groups is 1. The molecule has 1 aliphatic rings. The van der Waals surface area contributed by atoms with Crippen molar-refractivity contribution >= 4 is 11.7 Å². The molecule has 1 aliphatic heterocycles. The van der Waals surface area contributed by atoms with Crippen molar-refractivity contribution in [1.29, 1.82) is 0 Å². The Morgan fingerprint density at radius 1 is 1.43 bits per heavy atom. The van der Waals surface area contributed by atoms with Crippen LogP contribution in [-0.4, -0.2) is 29.5 Å². The van der Waals surface area contributed by atoms with Crippen LogP contribution < -0.4 is 5.32 Å². The second kappa shape index (κ2) is 4.15. The summed E-state index contributed by atoms with van der Waals surface area (Å²) in [5.74, 6) is 1.73. The third-order valence-electron chi connectivity index (χ3n) is 2.00. The highest BCUT2D eigenvalue weighted by Crippen LogP contribution is 2.14. The molecule has 1 aromatic heterocycles. The van der Waals surface area contributed by atoms with Crippen molar-refractivity contribution in [3.05, 3.63) is 18.1 Å². The van der Waals surface area contributed by atoms with Gasteiger partial charge in [-0.1, -0.05) is 0 Å². The van der Waals surface area contributed by atoms with Crippen LogP contribution in [0.1, 0.15) is 12.1 Å². The van der Waals surface area contributed by atoms with Gasteiger partial charge < -0.3 is 10.1 Å². The molecule has 5 heteroatoms. The number of aromatic nitrogens is 2. The Morgan fingerprint density at radius 3 is 3.14 bits per heavy atom. The lowest BCUT2D eigenvalue weighted by Crippen LogP contribution is -2.21. The van der Waals surface area contributed by atoms with Gasteiger partial charge in [-0.2, -0.15) is 0 Å². The van der Waals surface area contributed by atoms with Gasteiger partial charge in [0.1, 0.15) is 11.5 Å². The molecule has 0 amide bonds. The number of anilines is 1. The summed E-state index contributed by atoms with van der Waals surface area (Å²) in [6.45, 7) is 1.27. The van der Waals surface area contributed by atoms with E-state index in [9.17, 15) is 0 Å². The van der Waals surface area contributed by atoms with Gasteiger partial charge in [0.2, 0.25) is 0 Å². The molecule has 0 aliphatic carbocycles. The standard InChI is InChI=1S/C9H12N4O/c1-14-5-2-8-12-6-7-9(13-8)11-4-3-10-7/h3-4H,2,5-6H2,1H3,(H,11,12,13). The van der Waals surface area contributed by atoms with Gasteiger partial charge in [0.25, 0.3) is 0 Å². The highest BCUT2D eigenvalue weighted by Gasteiger charge is 2.12. The van der Waals surface area contributed by atoms with Crippen LogP contribution in [-0.2, 0) is 11.3 Å². The minimum Gasteiger partial charge on any atom is -0.384 e. The molecule has 2 rings (SSSR count). The van der Waals surface area contributed by atoms with E-state index in [0.717, 1.165) is 23.8 Å². The third-order valence-corrected chi connectivity index (χ3v) is 2.00. The van der Waals surface area contributed by atoms with E-state index in [-0.39, 0.29) is 0 Å². The maximum absolute atomic E-state index is 4.98. The van der Waals surface area contributed by atoms with Crippen LogP contribution in [0, 0.1) is 0 Å². The van der Waals surface area contributed by atoms with Crippen LogP contribution in [0.5, 0.6) is 0 Å². The molecule has 14 heavy (non-hydrogen) atoms. The summed E-state index contributed by atoms with van der Waals surface area (Å²) in [6.07, 6.45) is 4.13. The van der Waals surface area contributed by atoms with Crippen LogP contribution in [0.3, 0.4) is 0 Å². The van der Waals surface area contributed by atoms with E-state index >= 15 is 0 Å². The van der Waals surface area contributed by atoms with E-state index in [0.29, 0.717) is 13.2 Å². The number of rotatable bonds is 3. The summed E-state index contributed by atoms with van der Waals surface area (Å²) >= 11 is 0. The predicted molar refractivity (Wildman–Crippen MR) is 53.3 cm³/mol. The molecule has 0 unspecified atom stereocenters. The quantitative estimate of drug-likeness (QED) is 0.770. The molecular formula is C9H12N4O. The molecule has 0 saturated carbocycles. The molecule has 0 spiro atoms. The first kappa shape index (κ1) is 9.08. The van der Waals surface area contributed by atoms with E-state index in [4.69, 9.17) is 4.74 Å². The number of fused-ring (bicyclic) bond motifs is 1. The Bertz CT molecular complexity index is 350. The first-order valence-electron chi connectivity index (χ1n) is 4.49. The Morgan fingerprint density at radius 2 is 2.29 bits per heavy atom. The Labute approximate surface area is 82.2 Å². The highest BCUT2D eigenvalue weighted by atomic mass is 16.5. The number of nitrogens with zero attached hydrogens (tertiary/aromatic N) is 3. The van der Waals surface area contributed by atoms with Crippen molar-refractivity contribution in [1.82, 2.24) is 9.97 Å². The molecule has 5 nitrogen and oxygen atoms in total. The number of amidine groups is 1. The Kier molecular flexibility index (Phi) is 2.69. The van der Waals surface area contributed by atoms with Gasteiger partial charge >= 0.3 is 0 Å². The van der Waals surface area contributed by atoms with E-state index in [1.54, 1.807) is 19.5 Å². The number of hydrogen-bond acceptors (Lipinski definition) is 5. The fraction of sp³-hybridized carbons (Fsp3) is 0.444. The van der Waals surface area contributed by atoms with Crippen molar-refractivity contribution in [2.24, 2.45) is 4.99 Å². The third kappa shape index (κ3) is 1.88. The highest BCUT2D eigenvalue weighted by molar-refractivity contribution is 5.96. The average molecular weight is 192 g/mol. The SMILES string of the molecule is COCCC1=NCc2nccnc2N1. The van der Waals surface area contributed by atoms with Crippen molar-refractivity contribution in [3.8, 4) is 0 Å². The maximum atomic E-state index is 4.98. The van der Waals surface area contributed by atoms with Gasteiger partial charge in [-0.15, -0.1) is 0 Å². The van der Waals surface area contributed by atoms with Gasteiger partial charge in [0, 0.05) is 25.9 Å². The van der Waals surface area contributed by atoms with Crippen molar-refractivity contribution < 1.29 is 4.74 Å². The maximum Gasteiger partial charge on any atom is 0.154 e. The smallest absolute Gasteiger partial charge is 0.154 e. The second-order valence-electron chi connectivity index (χ2n) is 2.98. The molecule has 2 heterocycles. The average Bonchev–Trinajstić information content (AvgIpc) is 2.26. The molecular weight excluding hydrogens is 180 g/mol. The molecule has 1 aromatic rings. The van der Waals surface area contributed by atoms with Crippen LogP contribution in [0.4, 0.5) is 5.82 Å². The summed E-state index contributed by atoms with van der Waals surface area (Å²) in [5, 5.41) is 3.13. The molecule has 0 aromatic carbocycles. The number of methoxy groups -OCH3 is 1. The van der Waals surface area contributed by atoms with Crippen LogP contribution in [0.25, 0.3) is 0 Å². The number of ether oxygens (including phenoxy) is 1. The lowest BCUT2D eigenvalue weighted by Gasteiger charge is -2.15. The molecule has 1 N–H and O–H groups in total. The topological polar surface area (TPSA) is 59.4 Å². The van der Waals surface area contributed by atoms with E-state index < -0.39 is 0 Å². The lowest BCUT2D eigenvalue weighted by molar-refractivity contribution is 0.207. The summed E-state index contributed by atoms with van der Waals surface area (Å²) < 4.78 is 4.98. The van der Waals surface area contributed by atoms with Gasteiger partial charge in [0.15, 0.2) is 5.82 Å². The zero-order chi connectivity index (χ0) is 9.80. The van der Waals surface area contributed by atoms with Crippen molar-refractivity contribution in [2.75, 3.05) is 19.0 Å². The van der Waals surface area contributed by atoms with E-state index in [1.807, 2.05) is 0 Å². The molecule has 0 atom stereocenters. The predicted octanol–water partition coefficient (Wildman–Crippen LogP) is 0.837. The summed E-state index contributed by atoms with van der Waals surface area (Å²) in [4.78, 5) is 12.7. The van der Waals surface area contributed by atoms with Crippen molar-refractivity contribution in [3.63, 3.8) is 0 Å². The van der Waals surface area contributed by atoms with Crippen LogP contribution in [0.15, 0.2) is 17.4 Å². The molecule has 0 saturated heterocycles. The Hall–Kier alpha value is -1.49. The van der Waals surface area contributed by atoms with E-state index in [1.165, 1.54) is 0 Å². The van der Waals surface area contributed by atoms with Crippen molar-refractivity contribution in [2.45, 2.75) is 13.0 Å². The minimum atomic E-state index is 0.606. The number of hydrogen-bond donors (Lipinski definition) is 1. The van der Waals surface area contributed by atoms with Crippen LogP contribution >= 0.6 is 0 Å². The zero-order valence-electron chi connectivity index (χ0n) is 8.03.